The first kappa shape index (κ1) is 11.5. The molecule has 1 N–H and O–H groups in total. The molecule has 0 amide bonds. The second-order valence-corrected chi connectivity index (χ2v) is 3.69. The molecule has 0 aliphatic carbocycles. The van der Waals surface area contributed by atoms with Crippen LogP contribution in [-0.2, 0) is 6.42 Å². The van der Waals surface area contributed by atoms with E-state index >= 15 is 0 Å². The molecule has 1 aromatic heterocycles. The van der Waals surface area contributed by atoms with E-state index in [0.29, 0.717) is 18.0 Å². The average Bonchev–Trinajstić information content (AvgIpc) is 2.40. The minimum Gasteiger partial charge on any atom is -0.481 e. The fourth-order valence-corrected chi connectivity index (χ4v) is 1.59. The van der Waals surface area contributed by atoms with E-state index in [4.69, 9.17) is 4.74 Å². The van der Waals surface area contributed by atoms with Crippen LogP contribution in [0.5, 0.6) is 5.88 Å². The van der Waals surface area contributed by atoms with Gasteiger partial charge in [-0.05, 0) is 5.56 Å². The number of aromatic nitrogens is 2. The standard InChI is InChI=1S/C13H14N2O2/c1-17-13-8-11(14-9-15-13)12(16)7-10-5-3-2-4-6-10/h2-6,8-9,12,16H,7H2,1H3. The van der Waals surface area contributed by atoms with Crippen LogP contribution in [0.25, 0.3) is 0 Å². The van der Waals surface area contributed by atoms with Gasteiger partial charge in [0.2, 0.25) is 5.88 Å². The van der Waals surface area contributed by atoms with Crippen LogP contribution >= 0.6 is 0 Å². The second-order valence-electron chi connectivity index (χ2n) is 3.69. The quantitative estimate of drug-likeness (QED) is 0.869. The summed E-state index contributed by atoms with van der Waals surface area (Å²) in [6.07, 6.45) is 1.28. The van der Waals surface area contributed by atoms with Gasteiger partial charge in [-0.15, -0.1) is 0 Å². The molecule has 2 rings (SSSR count). The molecule has 4 nitrogen and oxygen atoms in total. The van der Waals surface area contributed by atoms with Crippen molar-refractivity contribution in [1.82, 2.24) is 9.97 Å². The SMILES string of the molecule is COc1cc(C(O)Cc2ccccc2)ncn1. The lowest BCUT2D eigenvalue weighted by atomic mass is 10.1. The molecule has 0 saturated heterocycles. The van der Waals surface area contributed by atoms with Gasteiger partial charge in [-0.1, -0.05) is 30.3 Å². The molecular weight excluding hydrogens is 216 g/mol. The first-order valence-electron chi connectivity index (χ1n) is 5.37. The molecule has 0 bridgehead atoms. The van der Waals surface area contributed by atoms with Crippen LogP contribution in [0.15, 0.2) is 42.7 Å². The van der Waals surface area contributed by atoms with E-state index in [0.717, 1.165) is 5.56 Å². The summed E-state index contributed by atoms with van der Waals surface area (Å²) >= 11 is 0. The number of aliphatic hydroxyl groups excluding tert-OH is 1. The molecule has 0 fully saturated rings. The molecule has 1 atom stereocenters. The number of methoxy groups -OCH3 is 1. The van der Waals surface area contributed by atoms with E-state index in [9.17, 15) is 5.11 Å². The van der Waals surface area contributed by atoms with Crippen molar-refractivity contribution in [2.75, 3.05) is 7.11 Å². The van der Waals surface area contributed by atoms with E-state index in [-0.39, 0.29) is 0 Å². The molecule has 0 saturated carbocycles. The summed E-state index contributed by atoms with van der Waals surface area (Å²) in [7, 11) is 1.54. The third kappa shape index (κ3) is 3.01. The largest absolute Gasteiger partial charge is 0.481 e. The van der Waals surface area contributed by atoms with Gasteiger partial charge >= 0.3 is 0 Å². The zero-order valence-electron chi connectivity index (χ0n) is 9.58. The fraction of sp³-hybridized carbons (Fsp3) is 0.231. The van der Waals surface area contributed by atoms with Crippen LogP contribution in [0.3, 0.4) is 0 Å². The fourth-order valence-electron chi connectivity index (χ4n) is 1.59. The lowest BCUT2D eigenvalue weighted by Crippen LogP contribution is -2.05. The predicted molar refractivity (Wildman–Crippen MR) is 63.7 cm³/mol. The number of ether oxygens (including phenoxy) is 1. The van der Waals surface area contributed by atoms with Crippen molar-refractivity contribution >= 4 is 0 Å². The van der Waals surface area contributed by atoms with Crippen LogP contribution in [0.1, 0.15) is 17.4 Å². The summed E-state index contributed by atoms with van der Waals surface area (Å²) in [6, 6.07) is 11.4. The van der Waals surface area contributed by atoms with Gasteiger partial charge in [0.25, 0.3) is 0 Å². The van der Waals surface area contributed by atoms with Gasteiger partial charge < -0.3 is 9.84 Å². The Balaban J connectivity index is 2.11. The number of hydrogen-bond acceptors (Lipinski definition) is 4. The molecule has 4 heteroatoms. The number of aliphatic hydroxyl groups is 1. The molecular formula is C13H14N2O2. The molecule has 1 unspecified atom stereocenters. The number of rotatable bonds is 4. The van der Waals surface area contributed by atoms with Gasteiger partial charge in [0.1, 0.15) is 12.4 Å². The van der Waals surface area contributed by atoms with E-state index in [1.54, 1.807) is 6.07 Å². The summed E-state index contributed by atoms with van der Waals surface area (Å²) in [6.45, 7) is 0. The zero-order valence-corrected chi connectivity index (χ0v) is 9.58. The Morgan fingerprint density at radius 3 is 2.71 bits per heavy atom. The van der Waals surface area contributed by atoms with Crippen LogP contribution in [0, 0.1) is 0 Å². The average molecular weight is 230 g/mol. The van der Waals surface area contributed by atoms with Crippen molar-refractivity contribution < 1.29 is 9.84 Å². The van der Waals surface area contributed by atoms with E-state index < -0.39 is 6.10 Å². The van der Waals surface area contributed by atoms with Gasteiger partial charge in [-0.2, -0.15) is 0 Å². The lowest BCUT2D eigenvalue weighted by molar-refractivity contribution is 0.173. The van der Waals surface area contributed by atoms with E-state index in [2.05, 4.69) is 9.97 Å². The highest BCUT2D eigenvalue weighted by Gasteiger charge is 2.11. The highest BCUT2D eigenvalue weighted by Crippen LogP contribution is 2.18. The molecule has 2 aromatic rings. The zero-order chi connectivity index (χ0) is 12.1. The molecule has 1 aromatic carbocycles. The van der Waals surface area contributed by atoms with Crippen molar-refractivity contribution in [1.29, 1.82) is 0 Å². The Morgan fingerprint density at radius 2 is 2.00 bits per heavy atom. The summed E-state index contributed by atoms with van der Waals surface area (Å²) in [5, 5.41) is 10.0. The topological polar surface area (TPSA) is 55.2 Å². The first-order valence-corrected chi connectivity index (χ1v) is 5.37. The van der Waals surface area contributed by atoms with Crippen LogP contribution < -0.4 is 4.74 Å². The van der Waals surface area contributed by atoms with Crippen molar-refractivity contribution in [2.45, 2.75) is 12.5 Å². The molecule has 0 aliphatic heterocycles. The summed E-state index contributed by atoms with van der Waals surface area (Å²) in [5.41, 5.74) is 1.64. The van der Waals surface area contributed by atoms with Crippen LogP contribution in [0.4, 0.5) is 0 Å². The maximum Gasteiger partial charge on any atom is 0.216 e. The third-order valence-electron chi connectivity index (χ3n) is 2.49. The minimum absolute atomic E-state index is 0.460. The monoisotopic (exact) mass is 230 g/mol. The predicted octanol–water partition coefficient (Wildman–Crippen LogP) is 1.76. The van der Waals surface area contributed by atoms with Crippen molar-refractivity contribution in [2.24, 2.45) is 0 Å². The molecule has 0 aliphatic rings. The van der Waals surface area contributed by atoms with Crippen molar-refractivity contribution in [3.8, 4) is 5.88 Å². The van der Waals surface area contributed by atoms with Gasteiger partial charge in [0, 0.05) is 12.5 Å². The maximum absolute atomic E-state index is 10.0. The molecule has 0 radical (unpaired) electrons. The number of nitrogens with zero attached hydrogens (tertiary/aromatic N) is 2. The summed E-state index contributed by atoms with van der Waals surface area (Å²) in [4.78, 5) is 7.95. The molecule has 17 heavy (non-hydrogen) atoms. The Hall–Kier alpha value is -1.94. The Kier molecular flexibility index (Phi) is 3.67. The van der Waals surface area contributed by atoms with E-state index in [1.807, 2.05) is 30.3 Å². The Labute approximate surface area is 99.9 Å². The normalized spacial score (nSPS) is 12.1. The first-order chi connectivity index (χ1) is 8.29. The Morgan fingerprint density at radius 1 is 1.24 bits per heavy atom. The number of benzene rings is 1. The smallest absolute Gasteiger partial charge is 0.216 e. The minimum atomic E-state index is -0.644. The third-order valence-corrected chi connectivity index (χ3v) is 2.49. The molecule has 88 valence electrons. The van der Waals surface area contributed by atoms with Gasteiger partial charge in [0.05, 0.1) is 12.8 Å². The van der Waals surface area contributed by atoms with Crippen LogP contribution in [0.2, 0.25) is 0 Å². The molecule has 0 spiro atoms. The summed E-state index contributed by atoms with van der Waals surface area (Å²) in [5.74, 6) is 0.460. The number of hydrogen-bond donors (Lipinski definition) is 1. The highest BCUT2D eigenvalue weighted by molar-refractivity contribution is 5.20. The van der Waals surface area contributed by atoms with Crippen LogP contribution in [-0.4, -0.2) is 22.2 Å². The maximum atomic E-state index is 10.0. The lowest BCUT2D eigenvalue weighted by Gasteiger charge is -2.10. The Bertz CT molecular complexity index is 474. The van der Waals surface area contributed by atoms with Gasteiger partial charge in [0.15, 0.2) is 0 Å². The molecule has 1 heterocycles. The van der Waals surface area contributed by atoms with Gasteiger partial charge in [-0.3, -0.25) is 0 Å². The van der Waals surface area contributed by atoms with E-state index in [1.165, 1.54) is 13.4 Å². The summed E-state index contributed by atoms with van der Waals surface area (Å²) < 4.78 is 4.99. The van der Waals surface area contributed by atoms with Gasteiger partial charge in [-0.25, -0.2) is 9.97 Å². The van der Waals surface area contributed by atoms with Crippen molar-refractivity contribution in [3.05, 3.63) is 54.0 Å². The highest BCUT2D eigenvalue weighted by atomic mass is 16.5. The van der Waals surface area contributed by atoms with Crippen molar-refractivity contribution in [3.63, 3.8) is 0 Å². The second kappa shape index (κ2) is 5.41.